The smallest absolute Gasteiger partial charge is 0.207 e. The summed E-state index contributed by atoms with van der Waals surface area (Å²) in [5, 5.41) is 12.8. The molecule has 1 unspecified atom stereocenters. The molecular weight excluding hydrogens is 299 g/mol. The minimum atomic E-state index is -0.231. The lowest BCUT2D eigenvalue weighted by Crippen LogP contribution is -2.02. The van der Waals surface area contributed by atoms with Gasteiger partial charge in [-0.15, -0.1) is 5.10 Å². The molecule has 3 aromatic rings. The van der Waals surface area contributed by atoms with E-state index in [0.29, 0.717) is 5.16 Å². The molecule has 0 spiro atoms. The van der Waals surface area contributed by atoms with Gasteiger partial charge in [-0.1, -0.05) is 42.1 Å². The summed E-state index contributed by atoms with van der Waals surface area (Å²) in [6, 6.07) is 14.5. The molecule has 0 bridgehead atoms. The van der Waals surface area contributed by atoms with Crippen molar-refractivity contribution in [2.45, 2.75) is 24.3 Å². The average Bonchev–Trinajstić information content (AvgIpc) is 2.96. The standard InChI is InChI=1S/C16H15FN4S/c1-11-5-3-4-6-15(11)21-16(18-19-20-21)22-12(2)13-7-9-14(17)10-8-13/h3-10,12H,1-2H3. The number of hydrogen-bond acceptors (Lipinski definition) is 4. The lowest BCUT2D eigenvalue weighted by Gasteiger charge is -2.12. The van der Waals surface area contributed by atoms with Crippen LogP contribution in [0.5, 0.6) is 0 Å². The first-order chi connectivity index (χ1) is 10.6. The number of aromatic nitrogens is 4. The summed E-state index contributed by atoms with van der Waals surface area (Å²) in [5.41, 5.74) is 3.10. The molecule has 4 nitrogen and oxygen atoms in total. The van der Waals surface area contributed by atoms with Gasteiger partial charge >= 0.3 is 0 Å². The molecule has 0 saturated carbocycles. The lowest BCUT2D eigenvalue weighted by atomic mass is 10.2. The highest BCUT2D eigenvalue weighted by Crippen LogP contribution is 2.34. The van der Waals surface area contributed by atoms with Gasteiger partial charge in [0.1, 0.15) is 5.82 Å². The Morgan fingerprint density at radius 1 is 1.09 bits per heavy atom. The number of aryl methyl sites for hydroxylation is 1. The summed E-state index contributed by atoms with van der Waals surface area (Å²) in [5.74, 6) is -0.231. The van der Waals surface area contributed by atoms with Gasteiger partial charge in [-0.3, -0.25) is 0 Å². The molecule has 0 fully saturated rings. The predicted molar refractivity (Wildman–Crippen MR) is 84.6 cm³/mol. The van der Waals surface area contributed by atoms with Crippen LogP contribution in [-0.4, -0.2) is 20.2 Å². The highest BCUT2D eigenvalue weighted by atomic mass is 32.2. The second kappa shape index (κ2) is 6.27. The van der Waals surface area contributed by atoms with Crippen molar-refractivity contribution in [3.63, 3.8) is 0 Å². The zero-order valence-electron chi connectivity index (χ0n) is 12.3. The van der Waals surface area contributed by atoms with Crippen LogP contribution in [0.2, 0.25) is 0 Å². The lowest BCUT2D eigenvalue weighted by molar-refractivity contribution is 0.627. The first kappa shape index (κ1) is 14.7. The quantitative estimate of drug-likeness (QED) is 0.684. The van der Waals surface area contributed by atoms with Crippen molar-refractivity contribution in [1.29, 1.82) is 0 Å². The average molecular weight is 314 g/mol. The van der Waals surface area contributed by atoms with Crippen LogP contribution in [0.25, 0.3) is 5.69 Å². The van der Waals surface area contributed by atoms with E-state index in [1.165, 1.54) is 12.1 Å². The van der Waals surface area contributed by atoms with Crippen LogP contribution in [0, 0.1) is 12.7 Å². The Labute approximate surface area is 132 Å². The largest absolute Gasteiger partial charge is 0.214 e. The molecule has 6 heteroatoms. The van der Waals surface area contributed by atoms with E-state index in [-0.39, 0.29) is 11.1 Å². The minimum absolute atomic E-state index is 0.120. The predicted octanol–water partition coefficient (Wildman–Crippen LogP) is 3.96. The highest BCUT2D eigenvalue weighted by Gasteiger charge is 2.15. The Morgan fingerprint density at radius 2 is 1.82 bits per heavy atom. The molecule has 112 valence electrons. The van der Waals surface area contributed by atoms with Crippen molar-refractivity contribution in [2.75, 3.05) is 0 Å². The Hall–Kier alpha value is -2.21. The van der Waals surface area contributed by atoms with E-state index < -0.39 is 0 Å². The SMILES string of the molecule is Cc1ccccc1-n1nnnc1SC(C)c1ccc(F)cc1. The van der Waals surface area contributed by atoms with Crippen molar-refractivity contribution >= 4 is 11.8 Å². The highest BCUT2D eigenvalue weighted by molar-refractivity contribution is 7.99. The third-order valence-corrected chi connectivity index (χ3v) is 4.50. The fraction of sp³-hybridized carbons (Fsp3) is 0.188. The molecule has 0 amide bonds. The molecule has 2 aromatic carbocycles. The molecule has 0 aliphatic heterocycles. The van der Waals surface area contributed by atoms with Crippen LogP contribution in [0.1, 0.15) is 23.3 Å². The molecule has 0 saturated heterocycles. The van der Waals surface area contributed by atoms with Gasteiger partial charge in [0, 0.05) is 5.25 Å². The molecule has 0 N–H and O–H groups in total. The summed E-state index contributed by atoms with van der Waals surface area (Å²) >= 11 is 1.54. The zero-order chi connectivity index (χ0) is 15.5. The van der Waals surface area contributed by atoms with Gasteiger partial charge < -0.3 is 0 Å². The van der Waals surface area contributed by atoms with E-state index in [1.807, 2.05) is 31.2 Å². The maximum atomic E-state index is 13.0. The third kappa shape index (κ3) is 3.01. The van der Waals surface area contributed by atoms with E-state index in [0.717, 1.165) is 16.8 Å². The summed E-state index contributed by atoms with van der Waals surface area (Å²) in [6.45, 7) is 4.07. The summed E-state index contributed by atoms with van der Waals surface area (Å²) in [4.78, 5) is 0. The van der Waals surface area contributed by atoms with Crippen molar-refractivity contribution in [2.24, 2.45) is 0 Å². The molecule has 3 rings (SSSR count). The van der Waals surface area contributed by atoms with Crippen molar-refractivity contribution in [1.82, 2.24) is 20.2 Å². The monoisotopic (exact) mass is 314 g/mol. The van der Waals surface area contributed by atoms with Gasteiger partial charge in [0.05, 0.1) is 5.69 Å². The van der Waals surface area contributed by atoms with Crippen molar-refractivity contribution in [3.05, 3.63) is 65.5 Å². The number of hydrogen-bond donors (Lipinski definition) is 0. The number of para-hydroxylation sites is 1. The Morgan fingerprint density at radius 3 is 2.55 bits per heavy atom. The van der Waals surface area contributed by atoms with Gasteiger partial charge in [-0.05, 0) is 53.6 Å². The molecule has 1 heterocycles. The fourth-order valence-electron chi connectivity index (χ4n) is 2.16. The second-order valence-electron chi connectivity index (χ2n) is 4.97. The van der Waals surface area contributed by atoms with E-state index >= 15 is 0 Å². The molecule has 0 radical (unpaired) electrons. The normalized spacial score (nSPS) is 12.3. The van der Waals surface area contributed by atoms with Gasteiger partial charge in [0.2, 0.25) is 5.16 Å². The maximum Gasteiger partial charge on any atom is 0.214 e. The fourth-order valence-corrected chi connectivity index (χ4v) is 3.09. The van der Waals surface area contributed by atoms with Gasteiger partial charge in [-0.25, -0.2) is 4.39 Å². The van der Waals surface area contributed by atoms with Gasteiger partial charge in [0.25, 0.3) is 0 Å². The topological polar surface area (TPSA) is 43.6 Å². The van der Waals surface area contributed by atoms with Crippen LogP contribution in [0.4, 0.5) is 4.39 Å². The van der Waals surface area contributed by atoms with E-state index in [2.05, 4.69) is 22.4 Å². The molecule has 22 heavy (non-hydrogen) atoms. The molecule has 1 aromatic heterocycles. The van der Waals surface area contributed by atoms with E-state index in [1.54, 1.807) is 28.6 Å². The van der Waals surface area contributed by atoms with Crippen LogP contribution < -0.4 is 0 Å². The minimum Gasteiger partial charge on any atom is -0.207 e. The Kier molecular flexibility index (Phi) is 4.20. The third-order valence-electron chi connectivity index (χ3n) is 3.41. The van der Waals surface area contributed by atoms with E-state index in [4.69, 9.17) is 0 Å². The molecule has 0 aliphatic rings. The number of benzene rings is 2. The first-order valence-corrected chi connectivity index (χ1v) is 7.79. The Balaban J connectivity index is 1.87. The van der Waals surface area contributed by atoms with E-state index in [9.17, 15) is 4.39 Å². The molecular formula is C16H15FN4S. The second-order valence-corrected chi connectivity index (χ2v) is 6.28. The van der Waals surface area contributed by atoms with Crippen molar-refractivity contribution in [3.8, 4) is 5.69 Å². The Bertz CT molecular complexity index is 770. The number of nitrogens with zero attached hydrogens (tertiary/aromatic N) is 4. The zero-order valence-corrected chi connectivity index (χ0v) is 13.1. The van der Waals surface area contributed by atoms with Crippen LogP contribution >= 0.6 is 11.8 Å². The number of halogens is 1. The van der Waals surface area contributed by atoms with Gasteiger partial charge in [-0.2, -0.15) is 4.68 Å². The van der Waals surface area contributed by atoms with Crippen LogP contribution in [-0.2, 0) is 0 Å². The summed E-state index contributed by atoms with van der Waals surface area (Å²) in [7, 11) is 0. The molecule has 0 aliphatic carbocycles. The molecule has 1 atom stereocenters. The van der Waals surface area contributed by atoms with Crippen LogP contribution in [0.15, 0.2) is 53.7 Å². The maximum absolute atomic E-state index is 13.0. The van der Waals surface area contributed by atoms with Crippen molar-refractivity contribution < 1.29 is 4.39 Å². The number of tetrazole rings is 1. The summed E-state index contributed by atoms with van der Waals surface area (Å²) in [6.07, 6.45) is 0. The number of thioether (sulfide) groups is 1. The first-order valence-electron chi connectivity index (χ1n) is 6.91. The van der Waals surface area contributed by atoms with Gasteiger partial charge in [0.15, 0.2) is 0 Å². The summed E-state index contributed by atoms with van der Waals surface area (Å²) < 4.78 is 14.8. The number of rotatable bonds is 4. The van der Waals surface area contributed by atoms with Crippen LogP contribution in [0.3, 0.4) is 0 Å².